The van der Waals surface area contributed by atoms with Crippen LogP contribution in [0.1, 0.15) is 34.3 Å². The van der Waals surface area contributed by atoms with Crippen molar-refractivity contribution in [2.75, 3.05) is 26.2 Å². The van der Waals surface area contributed by atoms with Crippen LogP contribution in [0.5, 0.6) is 0 Å². The Hall–Kier alpha value is -1.39. The quantitative estimate of drug-likeness (QED) is 0.758. The second-order valence-corrected chi connectivity index (χ2v) is 5.23. The lowest BCUT2D eigenvalue weighted by Gasteiger charge is -2.15. The van der Waals surface area contributed by atoms with Crippen LogP contribution in [0.3, 0.4) is 0 Å². The molecule has 1 aliphatic heterocycles. The van der Waals surface area contributed by atoms with Gasteiger partial charge in [-0.3, -0.25) is 4.79 Å². The van der Waals surface area contributed by atoms with E-state index in [-0.39, 0.29) is 5.91 Å². The number of carbonyl (C=O) groups is 1. The van der Waals surface area contributed by atoms with E-state index >= 15 is 0 Å². The zero-order chi connectivity index (χ0) is 13.7. The molecule has 1 aromatic carbocycles. The molecule has 2 rings (SSSR count). The summed E-state index contributed by atoms with van der Waals surface area (Å²) in [6.45, 7) is 7.49. The third-order valence-corrected chi connectivity index (χ3v) is 3.75. The molecule has 0 saturated carbocycles. The van der Waals surface area contributed by atoms with Gasteiger partial charge in [-0.15, -0.1) is 0 Å². The fourth-order valence-electron chi connectivity index (χ4n) is 2.51. The van der Waals surface area contributed by atoms with Crippen molar-refractivity contribution < 1.29 is 4.79 Å². The van der Waals surface area contributed by atoms with Gasteiger partial charge in [-0.2, -0.15) is 0 Å². The van der Waals surface area contributed by atoms with Gasteiger partial charge in [0.05, 0.1) is 0 Å². The maximum atomic E-state index is 11.1. The Kier molecular flexibility index (Phi) is 4.93. The van der Waals surface area contributed by atoms with E-state index in [0.717, 1.165) is 25.2 Å². The van der Waals surface area contributed by atoms with Crippen molar-refractivity contribution in [3.05, 3.63) is 34.9 Å². The normalized spacial score (nSPS) is 15.8. The van der Waals surface area contributed by atoms with Crippen LogP contribution in [0, 0.1) is 6.92 Å². The lowest BCUT2D eigenvalue weighted by atomic mass is 10.0. The largest absolute Gasteiger partial charge is 0.366 e. The number of aryl methyl sites for hydroxylation is 1. The third kappa shape index (κ3) is 4.04. The number of hydrogen-bond acceptors (Lipinski definition) is 3. The number of carbonyl (C=O) groups excluding carboxylic acids is 1. The summed E-state index contributed by atoms with van der Waals surface area (Å²) in [6, 6.07) is 5.64. The van der Waals surface area contributed by atoms with Gasteiger partial charge in [-0.1, -0.05) is 6.07 Å². The van der Waals surface area contributed by atoms with E-state index in [4.69, 9.17) is 5.73 Å². The summed E-state index contributed by atoms with van der Waals surface area (Å²) in [5, 5.41) is 3.46. The minimum Gasteiger partial charge on any atom is -0.366 e. The first-order valence-electron chi connectivity index (χ1n) is 6.99. The van der Waals surface area contributed by atoms with Crippen LogP contribution in [-0.2, 0) is 6.54 Å². The Morgan fingerprint density at radius 1 is 1.37 bits per heavy atom. The zero-order valence-electron chi connectivity index (χ0n) is 11.6. The van der Waals surface area contributed by atoms with E-state index in [2.05, 4.69) is 10.2 Å². The van der Waals surface area contributed by atoms with Crippen molar-refractivity contribution in [1.29, 1.82) is 0 Å². The van der Waals surface area contributed by atoms with Gasteiger partial charge in [0.1, 0.15) is 0 Å². The molecular formula is C15H23N3O. The van der Waals surface area contributed by atoms with Crippen molar-refractivity contribution in [2.24, 2.45) is 5.73 Å². The number of benzene rings is 1. The molecule has 0 unspecified atom stereocenters. The van der Waals surface area contributed by atoms with Crippen molar-refractivity contribution in [1.82, 2.24) is 10.2 Å². The SMILES string of the molecule is Cc1cc(C(N)=O)ccc1CNCCN1CCCC1. The zero-order valence-corrected chi connectivity index (χ0v) is 11.6. The predicted molar refractivity (Wildman–Crippen MR) is 77.1 cm³/mol. The summed E-state index contributed by atoms with van der Waals surface area (Å²) >= 11 is 0. The molecular weight excluding hydrogens is 238 g/mol. The topological polar surface area (TPSA) is 58.4 Å². The number of nitrogens with zero attached hydrogens (tertiary/aromatic N) is 1. The Morgan fingerprint density at radius 2 is 2.11 bits per heavy atom. The molecule has 0 spiro atoms. The monoisotopic (exact) mass is 261 g/mol. The molecule has 0 aliphatic carbocycles. The van der Waals surface area contributed by atoms with Crippen LogP contribution in [0.4, 0.5) is 0 Å². The van der Waals surface area contributed by atoms with Gasteiger partial charge in [0, 0.05) is 25.2 Å². The average molecular weight is 261 g/mol. The van der Waals surface area contributed by atoms with Crippen molar-refractivity contribution in [3.8, 4) is 0 Å². The molecule has 3 N–H and O–H groups in total. The molecule has 4 heteroatoms. The van der Waals surface area contributed by atoms with Gasteiger partial charge in [0.2, 0.25) is 5.91 Å². The van der Waals surface area contributed by atoms with Gasteiger partial charge in [-0.25, -0.2) is 0 Å². The van der Waals surface area contributed by atoms with E-state index in [1.165, 1.54) is 31.5 Å². The van der Waals surface area contributed by atoms with Crippen molar-refractivity contribution >= 4 is 5.91 Å². The Balaban J connectivity index is 1.77. The first-order valence-corrected chi connectivity index (χ1v) is 6.99. The highest BCUT2D eigenvalue weighted by molar-refractivity contribution is 5.93. The third-order valence-electron chi connectivity index (χ3n) is 3.75. The minimum absolute atomic E-state index is 0.364. The molecule has 0 aromatic heterocycles. The highest BCUT2D eigenvalue weighted by Gasteiger charge is 2.10. The second-order valence-electron chi connectivity index (χ2n) is 5.23. The number of primary amides is 1. The average Bonchev–Trinajstić information content (AvgIpc) is 2.89. The molecule has 19 heavy (non-hydrogen) atoms. The van der Waals surface area contributed by atoms with E-state index in [1.54, 1.807) is 6.07 Å². The number of likely N-dealkylation sites (tertiary alicyclic amines) is 1. The molecule has 1 saturated heterocycles. The lowest BCUT2D eigenvalue weighted by molar-refractivity contribution is 0.1000. The van der Waals surface area contributed by atoms with Crippen LogP contribution in [0.2, 0.25) is 0 Å². The molecule has 0 bridgehead atoms. The van der Waals surface area contributed by atoms with Crippen LogP contribution in [0.25, 0.3) is 0 Å². The Labute approximate surface area is 115 Å². The summed E-state index contributed by atoms with van der Waals surface area (Å²) in [6.07, 6.45) is 2.68. The van der Waals surface area contributed by atoms with E-state index in [0.29, 0.717) is 5.56 Å². The second kappa shape index (κ2) is 6.68. The van der Waals surface area contributed by atoms with Gasteiger partial charge < -0.3 is 16.0 Å². The van der Waals surface area contributed by atoms with Gasteiger partial charge in [0.25, 0.3) is 0 Å². The Morgan fingerprint density at radius 3 is 2.74 bits per heavy atom. The highest BCUT2D eigenvalue weighted by atomic mass is 16.1. The molecule has 0 atom stereocenters. The van der Waals surface area contributed by atoms with Crippen molar-refractivity contribution in [3.63, 3.8) is 0 Å². The van der Waals surface area contributed by atoms with Gasteiger partial charge in [0.15, 0.2) is 0 Å². The summed E-state index contributed by atoms with van der Waals surface area (Å²) in [4.78, 5) is 13.6. The smallest absolute Gasteiger partial charge is 0.248 e. The molecule has 1 fully saturated rings. The van der Waals surface area contributed by atoms with Crippen LogP contribution < -0.4 is 11.1 Å². The van der Waals surface area contributed by atoms with Crippen LogP contribution in [0.15, 0.2) is 18.2 Å². The molecule has 1 heterocycles. The van der Waals surface area contributed by atoms with Crippen molar-refractivity contribution in [2.45, 2.75) is 26.3 Å². The summed E-state index contributed by atoms with van der Waals surface area (Å²) in [5.74, 6) is -0.364. The van der Waals surface area contributed by atoms with Crippen LogP contribution >= 0.6 is 0 Å². The lowest BCUT2D eigenvalue weighted by Crippen LogP contribution is -2.29. The molecule has 4 nitrogen and oxygen atoms in total. The number of hydrogen-bond donors (Lipinski definition) is 2. The van der Waals surface area contributed by atoms with E-state index in [9.17, 15) is 4.79 Å². The molecule has 1 aromatic rings. The van der Waals surface area contributed by atoms with E-state index in [1.807, 2.05) is 19.1 Å². The van der Waals surface area contributed by atoms with Gasteiger partial charge >= 0.3 is 0 Å². The molecule has 0 radical (unpaired) electrons. The molecule has 104 valence electrons. The first kappa shape index (κ1) is 14.0. The standard InChI is InChI=1S/C15H23N3O/c1-12-10-13(15(16)19)4-5-14(12)11-17-6-9-18-7-2-3-8-18/h4-5,10,17H,2-3,6-9,11H2,1H3,(H2,16,19). The molecule has 1 aliphatic rings. The van der Waals surface area contributed by atoms with Crippen LogP contribution in [-0.4, -0.2) is 37.0 Å². The maximum absolute atomic E-state index is 11.1. The highest BCUT2D eigenvalue weighted by Crippen LogP contribution is 2.11. The minimum atomic E-state index is -0.364. The Bertz CT molecular complexity index is 439. The maximum Gasteiger partial charge on any atom is 0.248 e. The molecule has 1 amide bonds. The number of rotatable bonds is 6. The van der Waals surface area contributed by atoms with E-state index < -0.39 is 0 Å². The number of nitrogens with two attached hydrogens (primary N) is 1. The summed E-state index contributed by atoms with van der Waals surface area (Å²) in [5.41, 5.74) is 8.19. The number of amides is 1. The fourth-order valence-corrected chi connectivity index (χ4v) is 2.51. The summed E-state index contributed by atoms with van der Waals surface area (Å²) < 4.78 is 0. The predicted octanol–water partition coefficient (Wildman–Crippen LogP) is 1.28. The fraction of sp³-hybridized carbons (Fsp3) is 0.533. The number of nitrogens with one attached hydrogen (secondary N) is 1. The summed E-state index contributed by atoms with van der Waals surface area (Å²) in [7, 11) is 0. The van der Waals surface area contributed by atoms with Gasteiger partial charge in [-0.05, 0) is 56.1 Å². The first-order chi connectivity index (χ1) is 9.16.